The molecule has 2 aliphatic rings. The number of nitrogens with one attached hydrogen (secondary N) is 1. The highest BCUT2D eigenvalue weighted by molar-refractivity contribution is 5.74. The number of nitrogens with zero attached hydrogens (tertiary/aromatic N) is 3. The Morgan fingerprint density at radius 3 is 2.70 bits per heavy atom. The summed E-state index contributed by atoms with van der Waals surface area (Å²) in [5.41, 5.74) is 5.94. The molecule has 6 nitrogen and oxygen atoms in total. The van der Waals surface area contributed by atoms with E-state index in [-0.39, 0.29) is 12.1 Å². The van der Waals surface area contributed by atoms with Gasteiger partial charge in [0.15, 0.2) is 0 Å². The fourth-order valence-corrected chi connectivity index (χ4v) is 4.30. The minimum absolute atomic E-state index is 0.0380. The number of hydrogen-bond acceptors (Lipinski definition) is 3. The number of ether oxygens (including phenoxy) is 1. The first-order valence-electron chi connectivity index (χ1n) is 10.6. The highest BCUT2D eigenvalue weighted by Gasteiger charge is 2.27. The second kappa shape index (κ2) is 8.32. The molecule has 2 aromatic carbocycles. The van der Waals surface area contributed by atoms with Crippen LogP contribution in [0.15, 0.2) is 60.8 Å². The fourth-order valence-electron chi connectivity index (χ4n) is 4.30. The largest absolute Gasteiger partial charge is 0.370 e. The Balaban J connectivity index is 1.22. The maximum absolute atomic E-state index is 12.7. The Morgan fingerprint density at radius 1 is 1.03 bits per heavy atom. The molecule has 0 unspecified atom stereocenters. The van der Waals surface area contributed by atoms with Crippen LogP contribution in [-0.2, 0) is 30.7 Å². The zero-order valence-electron chi connectivity index (χ0n) is 17.0. The van der Waals surface area contributed by atoms with Gasteiger partial charge in [0, 0.05) is 19.3 Å². The number of hydrogen-bond donors (Lipinski definition) is 1. The summed E-state index contributed by atoms with van der Waals surface area (Å²) in [7, 11) is 0. The average Bonchev–Trinajstić information content (AvgIpc) is 3.20. The third-order valence-electron chi connectivity index (χ3n) is 5.91. The number of rotatable bonds is 4. The van der Waals surface area contributed by atoms with Crippen LogP contribution in [0.5, 0.6) is 0 Å². The number of carbonyl (C=O) groups excluding carboxylic acids is 1. The maximum atomic E-state index is 12.7. The van der Waals surface area contributed by atoms with E-state index >= 15 is 0 Å². The van der Waals surface area contributed by atoms with Crippen LogP contribution in [0.2, 0.25) is 0 Å². The van der Waals surface area contributed by atoms with E-state index in [4.69, 9.17) is 9.84 Å². The zero-order valence-corrected chi connectivity index (χ0v) is 17.0. The summed E-state index contributed by atoms with van der Waals surface area (Å²) in [4.78, 5) is 14.6. The summed E-state index contributed by atoms with van der Waals surface area (Å²) in [5.74, 6) is 0. The zero-order chi connectivity index (χ0) is 20.3. The first-order chi connectivity index (χ1) is 14.8. The minimum atomic E-state index is -0.202. The lowest BCUT2D eigenvalue weighted by molar-refractivity contribution is 0.0400. The highest BCUT2D eigenvalue weighted by atomic mass is 16.5. The van der Waals surface area contributed by atoms with Gasteiger partial charge in [-0.2, -0.15) is 5.10 Å². The van der Waals surface area contributed by atoms with E-state index in [0.29, 0.717) is 19.7 Å². The van der Waals surface area contributed by atoms with Crippen LogP contribution in [0.3, 0.4) is 0 Å². The standard InChI is InChI=1S/C24H26N4O2/c29-24(27-12-10-19-8-4-5-9-20(19)16-27)25-14-22-23-21(11-13-30-22)17-28(26-23)15-18-6-2-1-3-7-18/h1-9,17,22H,10-16H2,(H,25,29)/t22-/m0/s1. The van der Waals surface area contributed by atoms with Crippen molar-refractivity contribution >= 4 is 6.03 Å². The molecule has 0 bridgehead atoms. The summed E-state index contributed by atoms with van der Waals surface area (Å²) in [6, 6.07) is 18.6. The van der Waals surface area contributed by atoms with Gasteiger partial charge in [0.2, 0.25) is 0 Å². The van der Waals surface area contributed by atoms with E-state index in [1.807, 2.05) is 33.8 Å². The smallest absolute Gasteiger partial charge is 0.317 e. The Kier molecular flexibility index (Phi) is 5.24. The van der Waals surface area contributed by atoms with Gasteiger partial charge in [-0.1, -0.05) is 54.6 Å². The maximum Gasteiger partial charge on any atom is 0.317 e. The second-order valence-electron chi connectivity index (χ2n) is 7.96. The van der Waals surface area contributed by atoms with Crippen molar-refractivity contribution in [2.75, 3.05) is 19.7 Å². The lowest BCUT2D eigenvalue weighted by Crippen LogP contribution is -2.44. The topological polar surface area (TPSA) is 59.4 Å². The summed E-state index contributed by atoms with van der Waals surface area (Å²) < 4.78 is 7.93. The van der Waals surface area contributed by atoms with Gasteiger partial charge in [-0.15, -0.1) is 0 Å². The Morgan fingerprint density at radius 2 is 1.83 bits per heavy atom. The number of carbonyl (C=O) groups is 1. The van der Waals surface area contributed by atoms with Crippen LogP contribution in [0.1, 0.15) is 34.1 Å². The van der Waals surface area contributed by atoms with Gasteiger partial charge in [0.1, 0.15) is 6.10 Å². The molecule has 0 spiro atoms. The van der Waals surface area contributed by atoms with Gasteiger partial charge in [0.25, 0.3) is 0 Å². The molecule has 2 aliphatic heterocycles. The Labute approximate surface area is 176 Å². The van der Waals surface area contributed by atoms with E-state index < -0.39 is 0 Å². The van der Waals surface area contributed by atoms with Crippen LogP contribution in [0.25, 0.3) is 0 Å². The van der Waals surface area contributed by atoms with E-state index in [0.717, 1.165) is 31.6 Å². The van der Waals surface area contributed by atoms with Gasteiger partial charge >= 0.3 is 6.03 Å². The lowest BCUT2D eigenvalue weighted by Gasteiger charge is -2.30. The molecule has 3 aromatic rings. The predicted molar refractivity (Wildman–Crippen MR) is 114 cm³/mol. The SMILES string of the molecule is O=C(NC[C@@H]1OCCc2cn(Cc3ccccc3)nc21)N1CCc2ccccc2C1. The normalized spacial score (nSPS) is 17.9. The minimum Gasteiger partial charge on any atom is -0.370 e. The first-order valence-corrected chi connectivity index (χ1v) is 10.6. The molecule has 2 amide bonds. The van der Waals surface area contributed by atoms with Gasteiger partial charge in [-0.3, -0.25) is 4.68 Å². The van der Waals surface area contributed by atoms with Gasteiger partial charge in [-0.25, -0.2) is 4.79 Å². The molecule has 0 radical (unpaired) electrons. The van der Waals surface area contributed by atoms with Crippen LogP contribution in [0.4, 0.5) is 4.79 Å². The van der Waals surface area contributed by atoms with Crippen molar-refractivity contribution in [2.24, 2.45) is 0 Å². The summed E-state index contributed by atoms with van der Waals surface area (Å²) >= 11 is 0. The van der Waals surface area contributed by atoms with Crippen molar-refractivity contribution in [3.8, 4) is 0 Å². The van der Waals surface area contributed by atoms with Gasteiger partial charge in [-0.05, 0) is 35.1 Å². The van der Waals surface area contributed by atoms with E-state index in [1.54, 1.807) is 0 Å². The van der Waals surface area contributed by atoms with Crippen molar-refractivity contribution in [1.29, 1.82) is 0 Å². The van der Waals surface area contributed by atoms with Crippen LogP contribution in [-0.4, -0.2) is 40.4 Å². The number of fused-ring (bicyclic) bond motifs is 2. The molecule has 0 aliphatic carbocycles. The third-order valence-corrected chi connectivity index (χ3v) is 5.91. The summed E-state index contributed by atoms with van der Waals surface area (Å²) in [6.07, 6.45) is 3.67. The number of aromatic nitrogens is 2. The van der Waals surface area contributed by atoms with Crippen molar-refractivity contribution in [1.82, 2.24) is 20.0 Å². The summed E-state index contributed by atoms with van der Waals surface area (Å²) in [5, 5.41) is 7.84. The Hall–Kier alpha value is -3.12. The highest BCUT2D eigenvalue weighted by Crippen LogP contribution is 2.26. The first kappa shape index (κ1) is 18.9. The molecule has 6 heteroatoms. The Bertz CT molecular complexity index is 1030. The molecule has 0 saturated heterocycles. The molecular weight excluding hydrogens is 376 g/mol. The van der Waals surface area contributed by atoms with Crippen molar-refractivity contribution in [2.45, 2.75) is 32.0 Å². The van der Waals surface area contributed by atoms with E-state index in [1.165, 1.54) is 22.3 Å². The van der Waals surface area contributed by atoms with Gasteiger partial charge < -0.3 is 15.0 Å². The predicted octanol–water partition coefficient (Wildman–Crippen LogP) is 3.31. The molecule has 30 heavy (non-hydrogen) atoms. The molecule has 1 atom stereocenters. The fraction of sp³-hybridized carbons (Fsp3) is 0.333. The number of benzene rings is 2. The average molecular weight is 402 g/mol. The molecule has 0 fully saturated rings. The monoisotopic (exact) mass is 402 g/mol. The molecular formula is C24H26N4O2. The van der Waals surface area contributed by atoms with Crippen molar-refractivity contribution < 1.29 is 9.53 Å². The molecule has 154 valence electrons. The molecule has 5 rings (SSSR count). The summed E-state index contributed by atoms with van der Waals surface area (Å²) in [6.45, 7) is 3.23. The lowest BCUT2D eigenvalue weighted by atomic mass is 10.0. The van der Waals surface area contributed by atoms with Crippen LogP contribution >= 0.6 is 0 Å². The third kappa shape index (κ3) is 3.96. The van der Waals surface area contributed by atoms with Crippen molar-refractivity contribution in [3.63, 3.8) is 0 Å². The van der Waals surface area contributed by atoms with Crippen LogP contribution in [0, 0.1) is 0 Å². The van der Waals surface area contributed by atoms with E-state index in [9.17, 15) is 4.79 Å². The van der Waals surface area contributed by atoms with Crippen LogP contribution < -0.4 is 5.32 Å². The molecule has 1 N–H and O–H groups in total. The number of amides is 2. The van der Waals surface area contributed by atoms with E-state index in [2.05, 4.69) is 41.8 Å². The molecule has 0 saturated carbocycles. The van der Waals surface area contributed by atoms with Crippen molar-refractivity contribution in [3.05, 3.63) is 88.7 Å². The quantitative estimate of drug-likeness (QED) is 0.728. The molecule has 3 heterocycles. The molecule has 1 aromatic heterocycles. The number of urea groups is 1. The van der Waals surface area contributed by atoms with Gasteiger partial charge in [0.05, 0.1) is 25.4 Å². The second-order valence-corrected chi connectivity index (χ2v) is 7.96.